The highest BCUT2D eigenvalue weighted by Gasteiger charge is 2.22. The standard InChI is InChI=1S/C17H18Cl2N2O5S2/c1-3-21(4-2)28(24,25)12-7-5-6-11(8-12)20-15(22)10-26-17(23)13-9-14(18)27-16(13)19/h5-9H,3-4,10H2,1-2H3,(H,20,22). The summed E-state index contributed by atoms with van der Waals surface area (Å²) in [4.78, 5) is 24.0. The third-order valence-electron chi connectivity index (χ3n) is 3.67. The third kappa shape index (κ3) is 5.45. The zero-order valence-electron chi connectivity index (χ0n) is 15.1. The maximum atomic E-state index is 12.6. The number of benzene rings is 1. The molecule has 0 spiro atoms. The molecule has 1 aromatic heterocycles. The van der Waals surface area contributed by atoms with Crippen LogP contribution in [0.1, 0.15) is 24.2 Å². The predicted molar refractivity (Wildman–Crippen MR) is 110 cm³/mol. The van der Waals surface area contributed by atoms with Crippen LogP contribution in [0.15, 0.2) is 35.2 Å². The summed E-state index contributed by atoms with van der Waals surface area (Å²) in [6.07, 6.45) is 0. The number of rotatable bonds is 8. The lowest BCUT2D eigenvalue weighted by molar-refractivity contribution is -0.119. The van der Waals surface area contributed by atoms with Gasteiger partial charge in [0.1, 0.15) is 4.34 Å². The van der Waals surface area contributed by atoms with Crippen LogP contribution in [0.3, 0.4) is 0 Å². The summed E-state index contributed by atoms with van der Waals surface area (Å²) < 4.78 is 31.8. The molecule has 0 saturated carbocycles. The van der Waals surface area contributed by atoms with Crippen molar-refractivity contribution in [3.05, 3.63) is 44.6 Å². The quantitative estimate of drug-likeness (QED) is 0.598. The molecule has 0 radical (unpaired) electrons. The maximum Gasteiger partial charge on any atom is 0.341 e. The van der Waals surface area contributed by atoms with E-state index in [0.717, 1.165) is 11.3 Å². The number of halogens is 2. The van der Waals surface area contributed by atoms with Crippen LogP contribution in [0.5, 0.6) is 0 Å². The number of sulfonamides is 1. The molecule has 0 bridgehead atoms. The van der Waals surface area contributed by atoms with Crippen LogP contribution >= 0.6 is 34.5 Å². The van der Waals surface area contributed by atoms with E-state index in [1.54, 1.807) is 13.8 Å². The molecule has 2 rings (SSSR count). The summed E-state index contributed by atoms with van der Waals surface area (Å²) in [5.74, 6) is -1.40. The van der Waals surface area contributed by atoms with Crippen LogP contribution in [0, 0.1) is 0 Å². The number of esters is 1. The molecule has 7 nitrogen and oxygen atoms in total. The first-order valence-corrected chi connectivity index (χ1v) is 11.2. The summed E-state index contributed by atoms with van der Waals surface area (Å²) in [5, 5.41) is 2.50. The van der Waals surface area contributed by atoms with E-state index in [4.69, 9.17) is 27.9 Å². The van der Waals surface area contributed by atoms with Crippen molar-refractivity contribution in [2.75, 3.05) is 25.0 Å². The Labute approximate surface area is 177 Å². The lowest BCUT2D eigenvalue weighted by Crippen LogP contribution is -2.30. The van der Waals surface area contributed by atoms with Gasteiger partial charge >= 0.3 is 5.97 Å². The van der Waals surface area contributed by atoms with Crippen LogP contribution in [0.2, 0.25) is 8.67 Å². The summed E-state index contributed by atoms with van der Waals surface area (Å²) >= 11 is 12.6. The number of anilines is 1. The second kappa shape index (κ2) is 9.71. The Balaban J connectivity index is 2.03. The predicted octanol–water partition coefficient (Wildman–Crippen LogP) is 3.88. The molecule has 0 atom stereocenters. The van der Waals surface area contributed by atoms with E-state index in [0.29, 0.717) is 17.4 Å². The first-order chi connectivity index (χ1) is 13.2. The minimum absolute atomic E-state index is 0.0608. The van der Waals surface area contributed by atoms with Gasteiger partial charge in [0, 0.05) is 18.8 Å². The van der Waals surface area contributed by atoms with Gasteiger partial charge in [-0.3, -0.25) is 4.79 Å². The van der Waals surface area contributed by atoms with E-state index in [2.05, 4.69) is 5.32 Å². The number of carbonyl (C=O) groups is 2. The molecule has 0 fully saturated rings. The third-order valence-corrected chi connectivity index (χ3v) is 7.21. The van der Waals surface area contributed by atoms with E-state index in [1.807, 2.05) is 0 Å². The number of nitrogens with one attached hydrogen (secondary N) is 1. The van der Waals surface area contributed by atoms with E-state index in [1.165, 1.54) is 34.6 Å². The van der Waals surface area contributed by atoms with Crippen LogP contribution in [-0.4, -0.2) is 44.3 Å². The van der Waals surface area contributed by atoms with Crippen LogP contribution in [0.25, 0.3) is 0 Å². The number of thiophene rings is 1. The zero-order valence-corrected chi connectivity index (χ0v) is 18.2. The summed E-state index contributed by atoms with van der Waals surface area (Å²) in [5.41, 5.74) is 0.350. The maximum absolute atomic E-state index is 12.6. The topological polar surface area (TPSA) is 92.8 Å². The summed E-state index contributed by atoms with van der Waals surface area (Å²) in [7, 11) is -3.65. The lowest BCUT2D eigenvalue weighted by atomic mass is 10.3. The molecule has 1 N–H and O–H groups in total. The van der Waals surface area contributed by atoms with Crippen molar-refractivity contribution >= 4 is 62.1 Å². The highest BCUT2D eigenvalue weighted by Crippen LogP contribution is 2.31. The van der Waals surface area contributed by atoms with Gasteiger partial charge in [0.05, 0.1) is 14.8 Å². The molecule has 28 heavy (non-hydrogen) atoms. The van der Waals surface area contributed by atoms with E-state index < -0.39 is 28.5 Å². The molecular formula is C17H18Cl2N2O5S2. The van der Waals surface area contributed by atoms with Gasteiger partial charge in [0.25, 0.3) is 5.91 Å². The molecule has 152 valence electrons. The molecule has 0 aliphatic carbocycles. The highest BCUT2D eigenvalue weighted by atomic mass is 35.5. The van der Waals surface area contributed by atoms with Crippen molar-refractivity contribution in [2.45, 2.75) is 18.7 Å². The summed E-state index contributed by atoms with van der Waals surface area (Å²) in [6, 6.07) is 7.21. The van der Waals surface area contributed by atoms with Gasteiger partial charge in [-0.05, 0) is 24.3 Å². The fourth-order valence-electron chi connectivity index (χ4n) is 2.33. The SMILES string of the molecule is CCN(CC)S(=O)(=O)c1cccc(NC(=O)COC(=O)c2cc(Cl)sc2Cl)c1. The number of amides is 1. The van der Waals surface area contributed by atoms with Gasteiger partial charge < -0.3 is 10.1 Å². The number of nitrogens with zero attached hydrogens (tertiary/aromatic N) is 1. The average molecular weight is 465 g/mol. The Hall–Kier alpha value is -1.65. The molecule has 0 aliphatic heterocycles. The molecule has 0 aliphatic rings. The molecule has 11 heteroatoms. The zero-order chi connectivity index (χ0) is 20.9. The van der Waals surface area contributed by atoms with Gasteiger partial charge in [-0.25, -0.2) is 13.2 Å². The number of ether oxygens (including phenoxy) is 1. The van der Waals surface area contributed by atoms with Crippen molar-refractivity contribution in [1.82, 2.24) is 4.31 Å². The first kappa shape index (κ1) is 22.6. The molecule has 1 amide bonds. The second-order valence-corrected chi connectivity index (χ2v) is 9.70. The van der Waals surface area contributed by atoms with Gasteiger partial charge in [0.15, 0.2) is 6.61 Å². The van der Waals surface area contributed by atoms with Crippen molar-refractivity contribution in [2.24, 2.45) is 0 Å². The Morgan fingerprint density at radius 1 is 1.18 bits per heavy atom. The van der Waals surface area contributed by atoms with Gasteiger partial charge in [-0.2, -0.15) is 4.31 Å². The van der Waals surface area contributed by atoms with Crippen LogP contribution in [-0.2, 0) is 19.6 Å². The van der Waals surface area contributed by atoms with Gasteiger partial charge in [-0.1, -0.05) is 43.1 Å². The lowest BCUT2D eigenvalue weighted by Gasteiger charge is -2.18. The van der Waals surface area contributed by atoms with Gasteiger partial charge in [-0.15, -0.1) is 11.3 Å². The van der Waals surface area contributed by atoms with E-state index >= 15 is 0 Å². The fraction of sp³-hybridized carbons (Fsp3) is 0.294. The smallest absolute Gasteiger partial charge is 0.341 e. The van der Waals surface area contributed by atoms with Crippen molar-refractivity contribution in [3.63, 3.8) is 0 Å². The molecule has 2 aromatic rings. The van der Waals surface area contributed by atoms with Crippen LogP contribution < -0.4 is 5.32 Å². The van der Waals surface area contributed by atoms with Crippen molar-refractivity contribution < 1.29 is 22.7 Å². The summed E-state index contributed by atoms with van der Waals surface area (Å²) in [6.45, 7) is 3.60. The Kier molecular flexibility index (Phi) is 7.85. The second-order valence-electron chi connectivity index (χ2n) is 5.48. The normalized spacial score (nSPS) is 11.5. The average Bonchev–Trinajstić information content (AvgIpc) is 2.99. The van der Waals surface area contributed by atoms with Crippen LogP contribution in [0.4, 0.5) is 5.69 Å². The Morgan fingerprint density at radius 2 is 1.86 bits per heavy atom. The largest absolute Gasteiger partial charge is 0.452 e. The number of hydrogen-bond donors (Lipinski definition) is 1. The number of hydrogen-bond acceptors (Lipinski definition) is 6. The van der Waals surface area contributed by atoms with Gasteiger partial charge in [0.2, 0.25) is 10.0 Å². The van der Waals surface area contributed by atoms with E-state index in [9.17, 15) is 18.0 Å². The van der Waals surface area contributed by atoms with Crippen molar-refractivity contribution in [3.8, 4) is 0 Å². The molecule has 0 unspecified atom stereocenters. The molecule has 0 saturated heterocycles. The molecular weight excluding hydrogens is 447 g/mol. The van der Waals surface area contributed by atoms with E-state index in [-0.39, 0.29) is 20.5 Å². The Morgan fingerprint density at radius 3 is 2.43 bits per heavy atom. The molecule has 1 heterocycles. The Bertz CT molecular complexity index is 972. The number of carbonyl (C=O) groups excluding carboxylic acids is 2. The minimum Gasteiger partial charge on any atom is -0.452 e. The van der Waals surface area contributed by atoms with Crippen molar-refractivity contribution in [1.29, 1.82) is 0 Å². The highest BCUT2D eigenvalue weighted by molar-refractivity contribution is 7.89. The molecule has 1 aromatic carbocycles. The first-order valence-electron chi connectivity index (χ1n) is 8.21. The minimum atomic E-state index is -3.65. The monoisotopic (exact) mass is 464 g/mol. The fourth-order valence-corrected chi connectivity index (χ4v) is 5.28.